The van der Waals surface area contributed by atoms with E-state index in [4.69, 9.17) is 4.74 Å². The van der Waals surface area contributed by atoms with Crippen molar-refractivity contribution in [2.75, 3.05) is 4.90 Å². The lowest BCUT2D eigenvalue weighted by Gasteiger charge is -2.40. The van der Waals surface area contributed by atoms with Crippen molar-refractivity contribution in [3.63, 3.8) is 0 Å². The third-order valence-electron chi connectivity index (χ3n) is 5.84. The van der Waals surface area contributed by atoms with Crippen LogP contribution >= 0.6 is 0 Å². The van der Waals surface area contributed by atoms with E-state index in [1.165, 1.54) is 13.0 Å². The Morgan fingerprint density at radius 1 is 1.14 bits per heavy atom. The Morgan fingerprint density at radius 3 is 2.38 bits per heavy atom. The molecule has 1 aromatic carbocycles. The van der Waals surface area contributed by atoms with Crippen molar-refractivity contribution in [2.45, 2.75) is 63.9 Å². The summed E-state index contributed by atoms with van der Waals surface area (Å²) >= 11 is 0. The van der Waals surface area contributed by atoms with Gasteiger partial charge in [0, 0.05) is 31.1 Å². The first-order valence-corrected chi connectivity index (χ1v) is 9.82. The fourth-order valence-corrected chi connectivity index (χ4v) is 4.51. The molecule has 0 amide bonds. The Hall–Kier alpha value is -2.57. The number of anilines is 1. The number of aryl methyl sites for hydroxylation is 1. The smallest absolute Gasteiger partial charge is 0.417 e. The molecule has 1 aromatic heterocycles. The molecule has 0 unspecified atom stereocenters. The number of ether oxygens (including phenoxy) is 1. The van der Waals surface area contributed by atoms with E-state index in [9.17, 15) is 18.0 Å². The number of Topliss-reactive ketones (excluding diaryl/α,β-unsaturated/α-hetero) is 1. The number of ketones is 1. The number of aromatic nitrogens is 1. The second-order valence-electron chi connectivity index (χ2n) is 7.96. The van der Waals surface area contributed by atoms with Gasteiger partial charge in [-0.05, 0) is 51.0 Å². The summed E-state index contributed by atoms with van der Waals surface area (Å²) in [4.78, 5) is 18.2. The van der Waals surface area contributed by atoms with Crippen molar-refractivity contribution in [2.24, 2.45) is 0 Å². The Morgan fingerprint density at radius 2 is 1.83 bits per heavy atom. The monoisotopic (exact) mass is 404 g/mol. The molecule has 0 N–H and O–H groups in total. The van der Waals surface area contributed by atoms with Crippen molar-refractivity contribution < 1.29 is 22.7 Å². The lowest BCUT2D eigenvalue weighted by atomic mass is 9.99. The van der Waals surface area contributed by atoms with Crippen LogP contribution < -0.4 is 9.64 Å². The highest BCUT2D eigenvalue weighted by Gasteiger charge is 2.42. The van der Waals surface area contributed by atoms with E-state index < -0.39 is 11.7 Å². The molecule has 2 saturated heterocycles. The van der Waals surface area contributed by atoms with Crippen molar-refractivity contribution >= 4 is 11.6 Å². The van der Waals surface area contributed by atoms with E-state index in [1.807, 2.05) is 25.1 Å². The summed E-state index contributed by atoms with van der Waals surface area (Å²) < 4.78 is 44.6. The third-order valence-corrected chi connectivity index (χ3v) is 5.84. The van der Waals surface area contributed by atoms with Crippen LogP contribution in [0.1, 0.15) is 54.1 Å². The molecule has 2 fully saturated rings. The third kappa shape index (κ3) is 3.95. The average Bonchev–Trinajstić information content (AvgIpc) is 2.93. The summed E-state index contributed by atoms with van der Waals surface area (Å²) in [5, 5.41) is 0. The van der Waals surface area contributed by atoms with Crippen LogP contribution in [0.15, 0.2) is 36.5 Å². The van der Waals surface area contributed by atoms with Crippen LogP contribution in [0.25, 0.3) is 0 Å². The minimum Gasteiger partial charge on any atom is -0.490 e. The molecule has 0 spiro atoms. The van der Waals surface area contributed by atoms with Crippen LogP contribution in [0.3, 0.4) is 0 Å². The minimum atomic E-state index is -4.38. The number of benzene rings is 1. The number of alkyl halides is 3. The maximum absolute atomic E-state index is 12.8. The normalized spacial score (nSPS) is 23.9. The summed E-state index contributed by atoms with van der Waals surface area (Å²) in [5.74, 6) is 1.16. The van der Waals surface area contributed by atoms with Crippen LogP contribution in [0.5, 0.6) is 5.75 Å². The fraction of sp³-hybridized carbons (Fsp3) is 0.455. The zero-order valence-corrected chi connectivity index (χ0v) is 16.4. The van der Waals surface area contributed by atoms with E-state index in [0.29, 0.717) is 17.1 Å². The number of hydrogen-bond donors (Lipinski definition) is 0. The second-order valence-corrected chi connectivity index (χ2v) is 7.96. The first kappa shape index (κ1) is 19.7. The predicted molar refractivity (Wildman–Crippen MR) is 103 cm³/mol. The maximum Gasteiger partial charge on any atom is 0.417 e. The number of carbonyl (C=O) groups is 1. The van der Waals surface area contributed by atoms with E-state index in [-0.39, 0.29) is 24.0 Å². The average molecular weight is 404 g/mol. The molecular weight excluding hydrogens is 381 g/mol. The summed E-state index contributed by atoms with van der Waals surface area (Å²) in [7, 11) is 0. The SMILES string of the molecule is CC(=O)c1cc(C)ccc1O[C@H]1C[C@H]2CC[C@@H](C1)N2c1ccc(C(F)(F)F)cn1. The number of fused-ring (bicyclic) bond motifs is 2. The lowest BCUT2D eigenvalue weighted by Crippen LogP contribution is -2.47. The number of nitrogens with zero attached hydrogens (tertiary/aromatic N) is 2. The first-order valence-electron chi connectivity index (χ1n) is 9.82. The highest BCUT2D eigenvalue weighted by molar-refractivity contribution is 5.97. The summed E-state index contributed by atoms with van der Waals surface area (Å²) in [5.41, 5.74) is 0.859. The molecule has 2 bridgehead atoms. The Kier molecular flexibility index (Phi) is 5.00. The predicted octanol–water partition coefficient (Wildman–Crippen LogP) is 5.19. The molecule has 0 aliphatic carbocycles. The Balaban J connectivity index is 1.49. The molecule has 7 heteroatoms. The second kappa shape index (κ2) is 7.35. The number of piperidine rings is 1. The number of pyridine rings is 1. The van der Waals surface area contributed by atoms with Gasteiger partial charge in [0.15, 0.2) is 5.78 Å². The number of hydrogen-bond acceptors (Lipinski definition) is 4. The first-order chi connectivity index (χ1) is 13.7. The maximum atomic E-state index is 12.8. The van der Waals surface area contributed by atoms with Crippen molar-refractivity contribution in [1.29, 1.82) is 0 Å². The zero-order chi connectivity index (χ0) is 20.8. The van der Waals surface area contributed by atoms with Gasteiger partial charge in [-0.15, -0.1) is 0 Å². The highest BCUT2D eigenvalue weighted by atomic mass is 19.4. The quantitative estimate of drug-likeness (QED) is 0.658. The Labute approximate surface area is 167 Å². The van der Waals surface area contributed by atoms with Crippen LogP contribution in [0, 0.1) is 6.92 Å². The van der Waals surface area contributed by atoms with E-state index in [0.717, 1.165) is 43.5 Å². The van der Waals surface area contributed by atoms with Crippen molar-refractivity contribution in [1.82, 2.24) is 4.98 Å². The number of halogens is 3. The molecule has 4 nitrogen and oxygen atoms in total. The molecule has 2 aliphatic rings. The fourth-order valence-electron chi connectivity index (χ4n) is 4.51. The summed E-state index contributed by atoms with van der Waals surface area (Å²) in [6.45, 7) is 3.47. The van der Waals surface area contributed by atoms with E-state index in [1.54, 1.807) is 0 Å². The van der Waals surface area contributed by atoms with Crippen molar-refractivity contribution in [3.05, 3.63) is 53.2 Å². The van der Waals surface area contributed by atoms with Gasteiger partial charge in [-0.1, -0.05) is 11.6 Å². The van der Waals surface area contributed by atoms with Crippen molar-refractivity contribution in [3.8, 4) is 5.75 Å². The van der Waals surface area contributed by atoms with Gasteiger partial charge in [-0.3, -0.25) is 4.79 Å². The standard InChI is InChI=1S/C22H23F3N2O2/c1-13-3-7-20(19(9-13)14(2)28)29-18-10-16-5-6-17(11-18)27(16)21-8-4-15(12-26-21)22(23,24)25/h3-4,7-9,12,16-18H,5-6,10-11H2,1-2H3/t16-,17+,18+. The molecule has 3 heterocycles. The minimum absolute atomic E-state index is 0.0287. The molecule has 154 valence electrons. The van der Waals surface area contributed by atoms with Crippen LogP contribution in [0.4, 0.5) is 19.0 Å². The largest absolute Gasteiger partial charge is 0.490 e. The molecular formula is C22H23F3N2O2. The molecule has 3 atom stereocenters. The topological polar surface area (TPSA) is 42.4 Å². The zero-order valence-electron chi connectivity index (χ0n) is 16.4. The lowest BCUT2D eigenvalue weighted by molar-refractivity contribution is -0.137. The van der Waals surface area contributed by atoms with Crippen LogP contribution in [-0.2, 0) is 6.18 Å². The highest BCUT2D eigenvalue weighted by Crippen LogP contribution is 2.40. The molecule has 29 heavy (non-hydrogen) atoms. The molecule has 2 aliphatic heterocycles. The van der Waals surface area contributed by atoms with Gasteiger partial charge in [0.2, 0.25) is 0 Å². The van der Waals surface area contributed by atoms with Crippen LogP contribution in [-0.4, -0.2) is 29.0 Å². The van der Waals surface area contributed by atoms with Gasteiger partial charge in [-0.2, -0.15) is 13.2 Å². The number of carbonyl (C=O) groups excluding carboxylic acids is 1. The van der Waals surface area contributed by atoms with E-state index in [2.05, 4.69) is 9.88 Å². The van der Waals surface area contributed by atoms with Gasteiger partial charge < -0.3 is 9.64 Å². The molecule has 0 radical (unpaired) electrons. The summed E-state index contributed by atoms with van der Waals surface area (Å²) in [6, 6.07) is 8.52. The van der Waals surface area contributed by atoms with Gasteiger partial charge >= 0.3 is 6.18 Å². The van der Waals surface area contributed by atoms with Gasteiger partial charge in [0.25, 0.3) is 0 Å². The number of rotatable bonds is 4. The van der Waals surface area contributed by atoms with E-state index >= 15 is 0 Å². The Bertz CT molecular complexity index is 897. The van der Waals surface area contributed by atoms with Crippen LogP contribution in [0.2, 0.25) is 0 Å². The molecule has 2 aromatic rings. The summed E-state index contributed by atoms with van der Waals surface area (Å²) in [6.07, 6.45) is -0.0775. The van der Waals surface area contributed by atoms with Gasteiger partial charge in [0.05, 0.1) is 11.1 Å². The molecule has 4 rings (SSSR count). The van der Waals surface area contributed by atoms with Gasteiger partial charge in [0.1, 0.15) is 17.7 Å². The van der Waals surface area contributed by atoms with Gasteiger partial charge in [-0.25, -0.2) is 4.98 Å². The molecule has 0 saturated carbocycles.